The van der Waals surface area contributed by atoms with E-state index in [9.17, 15) is 19.5 Å². The lowest BCUT2D eigenvalue weighted by Gasteiger charge is -2.29. The molecule has 8 nitrogen and oxygen atoms in total. The summed E-state index contributed by atoms with van der Waals surface area (Å²) in [4.78, 5) is 34.5. The van der Waals surface area contributed by atoms with E-state index in [-0.39, 0.29) is 6.42 Å². The number of ether oxygens (including phenoxy) is 1. The molecule has 132 valence electrons. The number of carbonyl (C=O) groups is 3. The average Bonchev–Trinajstić information content (AvgIpc) is 2.42. The Balaban J connectivity index is 2.94. The monoisotopic (exact) mass is 338 g/mol. The number of carboxylic acids is 2. The molecule has 0 bridgehead atoms. The molecule has 3 N–H and O–H groups in total. The Morgan fingerprint density at radius 2 is 1.75 bits per heavy atom. The maximum atomic E-state index is 11.9. The summed E-state index contributed by atoms with van der Waals surface area (Å²) in [6, 6.07) is 7.47. The normalized spacial score (nSPS) is 12.5. The molecule has 0 aliphatic heterocycles. The summed E-state index contributed by atoms with van der Waals surface area (Å²) in [5.74, 6) is -2.53. The number of rotatable bonds is 7. The first-order valence-corrected chi connectivity index (χ1v) is 7.33. The Labute approximate surface area is 140 Å². The minimum atomic E-state index is -1.27. The van der Waals surface area contributed by atoms with Crippen molar-refractivity contribution >= 4 is 18.0 Å². The van der Waals surface area contributed by atoms with Crippen molar-refractivity contribution in [3.05, 3.63) is 35.9 Å². The molecule has 1 rings (SSSR count). The number of nitrogens with one attached hydrogen (secondary N) is 1. The van der Waals surface area contributed by atoms with Crippen LogP contribution in [0, 0.1) is 0 Å². The van der Waals surface area contributed by atoms with Gasteiger partial charge in [0.25, 0.3) is 0 Å². The van der Waals surface area contributed by atoms with Gasteiger partial charge in [-0.15, -0.1) is 0 Å². The lowest BCUT2D eigenvalue weighted by Crippen LogP contribution is -2.55. The Kier molecular flexibility index (Phi) is 6.72. The van der Waals surface area contributed by atoms with Crippen LogP contribution >= 0.6 is 0 Å². The van der Waals surface area contributed by atoms with Gasteiger partial charge in [0.2, 0.25) is 0 Å². The fraction of sp³-hybridized carbons (Fsp3) is 0.438. The van der Waals surface area contributed by atoms with E-state index in [1.54, 1.807) is 51.1 Å². The standard InChI is InChI=1S/C16H22N2O6/c1-16(2,3)24-15(23)17-18(10-13(19)20)12(14(21)22)9-11-7-5-4-6-8-11/h4-8,12H,9-10H2,1-3H3,(H,17,23)(H,19,20)(H,21,22). The van der Waals surface area contributed by atoms with Crippen LogP contribution in [0.4, 0.5) is 4.79 Å². The molecule has 1 atom stereocenters. The Morgan fingerprint density at radius 3 is 2.21 bits per heavy atom. The van der Waals surface area contributed by atoms with Crippen molar-refractivity contribution in [2.24, 2.45) is 0 Å². The molecule has 0 saturated carbocycles. The van der Waals surface area contributed by atoms with Gasteiger partial charge in [0.1, 0.15) is 18.2 Å². The molecule has 1 aromatic rings. The van der Waals surface area contributed by atoms with Crippen LogP contribution in [0.1, 0.15) is 26.3 Å². The number of hydrogen-bond acceptors (Lipinski definition) is 5. The Morgan fingerprint density at radius 1 is 1.17 bits per heavy atom. The predicted octanol–water partition coefficient (Wildman–Crippen LogP) is 1.51. The minimum Gasteiger partial charge on any atom is -0.480 e. The Bertz CT molecular complexity index is 582. The second-order valence-electron chi connectivity index (χ2n) is 6.18. The molecule has 0 fully saturated rings. The molecule has 24 heavy (non-hydrogen) atoms. The van der Waals surface area contributed by atoms with E-state index in [0.717, 1.165) is 5.01 Å². The summed E-state index contributed by atoms with van der Waals surface area (Å²) in [7, 11) is 0. The van der Waals surface area contributed by atoms with Crippen molar-refractivity contribution < 1.29 is 29.3 Å². The highest BCUT2D eigenvalue weighted by Crippen LogP contribution is 2.10. The number of aliphatic carboxylic acids is 2. The van der Waals surface area contributed by atoms with Crippen LogP contribution in [-0.2, 0) is 20.7 Å². The number of hydrazine groups is 1. The van der Waals surface area contributed by atoms with Crippen LogP contribution in [-0.4, -0.2) is 51.4 Å². The van der Waals surface area contributed by atoms with Crippen molar-refractivity contribution in [2.75, 3.05) is 6.54 Å². The van der Waals surface area contributed by atoms with E-state index < -0.39 is 36.2 Å². The number of carbonyl (C=O) groups excluding carboxylic acids is 1. The molecule has 0 saturated heterocycles. The van der Waals surface area contributed by atoms with Crippen molar-refractivity contribution in [3.8, 4) is 0 Å². The van der Waals surface area contributed by atoms with Gasteiger partial charge >= 0.3 is 18.0 Å². The first-order chi connectivity index (χ1) is 11.1. The zero-order valence-electron chi connectivity index (χ0n) is 13.9. The third-order valence-corrected chi connectivity index (χ3v) is 2.87. The van der Waals surface area contributed by atoms with E-state index in [4.69, 9.17) is 9.84 Å². The molecular formula is C16H22N2O6. The second-order valence-corrected chi connectivity index (χ2v) is 6.18. The van der Waals surface area contributed by atoms with Gasteiger partial charge in [-0.05, 0) is 26.3 Å². The molecule has 0 aromatic heterocycles. The summed E-state index contributed by atoms with van der Waals surface area (Å²) in [6.07, 6.45) is -0.887. The summed E-state index contributed by atoms with van der Waals surface area (Å²) < 4.78 is 5.05. The molecule has 0 radical (unpaired) electrons. The average molecular weight is 338 g/mol. The van der Waals surface area contributed by atoms with Gasteiger partial charge in [0.05, 0.1) is 0 Å². The predicted molar refractivity (Wildman–Crippen MR) is 85.3 cm³/mol. The molecular weight excluding hydrogens is 316 g/mol. The van der Waals surface area contributed by atoms with Crippen LogP contribution in [0.3, 0.4) is 0 Å². The minimum absolute atomic E-state index is 0.0270. The zero-order valence-corrected chi connectivity index (χ0v) is 13.9. The highest BCUT2D eigenvalue weighted by Gasteiger charge is 2.30. The van der Waals surface area contributed by atoms with E-state index in [0.29, 0.717) is 5.56 Å². The molecule has 0 aliphatic carbocycles. The first-order valence-electron chi connectivity index (χ1n) is 7.33. The lowest BCUT2D eigenvalue weighted by atomic mass is 10.1. The number of nitrogens with zero attached hydrogens (tertiary/aromatic N) is 1. The van der Waals surface area contributed by atoms with Gasteiger partial charge in [-0.1, -0.05) is 30.3 Å². The largest absolute Gasteiger partial charge is 0.480 e. The molecule has 1 amide bonds. The highest BCUT2D eigenvalue weighted by atomic mass is 16.6. The fourth-order valence-corrected chi connectivity index (χ4v) is 1.96. The summed E-state index contributed by atoms with van der Waals surface area (Å²) >= 11 is 0. The molecule has 0 aliphatic rings. The summed E-state index contributed by atoms with van der Waals surface area (Å²) in [5.41, 5.74) is 2.12. The highest BCUT2D eigenvalue weighted by molar-refractivity contribution is 5.77. The third-order valence-electron chi connectivity index (χ3n) is 2.87. The van der Waals surface area contributed by atoms with Crippen LogP contribution in [0.5, 0.6) is 0 Å². The van der Waals surface area contributed by atoms with Gasteiger partial charge in [-0.2, -0.15) is 5.01 Å². The quantitative estimate of drug-likeness (QED) is 0.645. The molecule has 1 aromatic carbocycles. The summed E-state index contributed by atoms with van der Waals surface area (Å²) in [5, 5.41) is 19.3. The van der Waals surface area contributed by atoms with Crippen LogP contribution in [0.25, 0.3) is 0 Å². The van der Waals surface area contributed by atoms with Gasteiger partial charge < -0.3 is 14.9 Å². The molecule has 1 unspecified atom stereocenters. The van der Waals surface area contributed by atoms with E-state index in [1.807, 2.05) is 0 Å². The Hall–Kier alpha value is -2.61. The van der Waals surface area contributed by atoms with Crippen LogP contribution < -0.4 is 5.43 Å². The SMILES string of the molecule is CC(C)(C)OC(=O)NN(CC(=O)O)C(Cc1ccccc1)C(=O)O. The van der Waals surface area contributed by atoms with Crippen molar-refractivity contribution in [1.29, 1.82) is 0 Å². The van der Waals surface area contributed by atoms with Gasteiger partial charge in [0.15, 0.2) is 0 Å². The zero-order chi connectivity index (χ0) is 18.3. The molecule has 0 spiro atoms. The van der Waals surface area contributed by atoms with Gasteiger partial charge in [0, 0.05) is 6.42 Å². The van der Waals surface area contributed by atoms with Crippen LogP contribution in [0.15, 0.2) is 30.3 Å². The maximum Gasteiger partial charge on any atom is 0.422 e. The third kappa shape index (κ3) is 7.10. The van der Waals surface area contributed by atoms with Crippen LogP contribution in [0.2, 0.25) is 0 Å². The number of amides is 1. The molecule has 8 heteroatoms. The molecule has 0 heterocycles. The van der Waals surface area contributed by atoms with Crippen molar-refractivity contribution in [3.63, 3.8) is 0 Å². The van der Waals surface area contributed by atoms with Gasteiger partial charge in [-0.25, -0.2) is 4.79 Å². The van der Waals surface area contributed by atoms with Crippen molar-refractivity contribution in [1.82, 2.24) is 10.4 Å². The summed E-state index contributed by atoms with van der Waals surface area (Å²) in [6.45, 7) is 4.26. The first kappa shape index (κ1) is 19.4. The topological polar surface area (TPSA) is 116 Å². The van der Waals surface area contributed by atoms with E-state index >= 15 is 0 Å². The van der Waals surface area contributed by atoms with E-state index in [2.05, 4.69) is 5.43 Å². The number of carboxylic acid groups (broad SMARTS) is 2. The number of hydrogen-bond donors (Lipinski definition) is 3. The number of benzene rings is 1. The van der Waals surface area contributed by atoms with Crippen molar-refractivity contribution in [2.45, 2.75) is 38.8 Å². The lowest BCUT2D eigenvalue weighted by molar-refractivity contribution is -0.148. The van der Waals surface area contributed by atoms with Gasteiger partial charge in [-0.3, -0.25) is 15.0 Å². The maximum absolute atomic E-state index is 11.9. The fourth-order valence-electron chi connectivity index (χ4n) is 1.96. The second kappa shape index (κ2) is 8.30. The smallest absolute Gasteiger partial charge is 0.422 e. The van der Waals surface area contributed by atoms with E-state index in [1.165, 1.54) is 0 Å².